The molecule has 128 valence electrons. The number of para-hydroxylation sites is 2. The van der Waals surface area contributed by atoms with Crippen molar-refractivity contribution in [1.29, 1.82) is 0 Å². The summed E-state index contributed by atoms with van der Waals surface area (Å²) in [4.78, 5) is 13.8. The van der Waals surface area contributed by atoms with E-state index >= 15 is 0 Å². The number of rotatable bonds is 6. The highest BCUT2D eigenvalue weighted by molar-refractivity contribution is 7.89. The van der Waals surface area contributed by atoms with Gasteiger partial charge >= 0.3 is 0 Å². The van der Waals surface area contributed by atoms with Gasteiger partial charge in [-0.25, -0.2) is 8.42 Å². The third-order valence-electron chi connectivity index (χ3n) is 3.77. The Balaban J connectivity index is 1.86. The Labute approximate surface area is 136 Å². The SMILES string of the molecule is CCS(=O)(=O)N1CCN(C(=O)COc2ccccc2OC)CC1. The molecule has 1 heterocycles. The van der Waals surface area contributed by atoms with Gasteiger partial charge in [-0.15, -0.1) is 0 Å². The highest BCUT2D eigenvalue weighted by atomic mass is 32.2. The molecule has 0 spiro atoms. The minimum Gasteiger partial charge on any atom is -0.493 e. The molecular formula is C15H22N2O5S. The fourth-order valence-electron chi connectivity index (χ4n) is 2.37. The summed E-state index contributed by atoms with van der Waals surface area (Å²) >= 11 is 0. The van der Waals surface area contributed by atoms with Crippen molar-refractivity contribution in [2.45, 2.75) is 6.92 Å². The second-order valence-electron chi connectivity index (χ2n) is 5.12. The van der Waals surface area contributed by atoms with Crippen molar-refractivity contribution in [2.24, 2.45) is 0 Å². The molecule has 1 aliphatic rings. The summed E-state index contributed by atoms with van der Waals surface area (Å²) in [6.07, 6.45) is 0. The third-order valence-corrected chi connectivity index (χ3v) is 5.65. The van der Waals surface area contributed by atoms with Crippen LogP contribution in [-0.2, 0) is 14.8 Å². The molecule has 1 aliphatic heterocycles. The van der Waals surface area contributed by atoms with Crippen LogP contribution in [0.15, 0.2) is 24.3 Å². The zero-order valence-corrected chi connectivity index (χ0v) is 14.2. The average molecular weight is 342 g/mol. The fourth-order valence-corrected chi connectivity index (χ4v) is 3.45. The predicted octanol–water partition coefficient (Wildman–Crippen LogP) is 0.568. The van der Waals surface area contributed by atoms with Gasteiger partial charge in [0.05, 0.1) is 12.9 Å². The molecule has 0 unspecified atom stereocenters. The smallest absolute Gasteiger partial charge is 0.260 e. The van der Waals surface area contributed by atoms with Crippen LogP contribution < -0.4 is 9.47 Å². The standard InChI is InChI=1S/C15H22N2O5S/c1-3-23(19,20)17-10-8-16(9-11-17)15(18)12-22-14-7-5-4-6-13(14)21-2/h4-7H,3,8-12H2,1-2H3. The second-order valence-corrected chi connectivity index (χ2v) is 7.38. The van der Waals surface area contributed by atoms with E-state index in [9.17, 15) is 13.2 Å². The van der Waals surface area contributed by atoms with Crippen molar-refractivity contribution < 1.29 is 22.7 Å². The first-order chi connectivity index (χ1) is 11.0. The lowest BCUT2D eigenvalue weighted by atomic mass is 10.3. The average Bonchev–Trinajstić information content (AvgIpc) is 2.60. The molecule has 1 fully saturated rings. The molecule has 0 bridgehead atoms. The van der Waals surface area contributed by atoms with Crippen LogP contribution in [0.4, 0.5) is 0 Å². The van der Waals surface area contributed by atoms with Crippen LogP contribution in [0.5, 0.6) is 11.5 Å². The molecule has 2 rings (SSSR count). The monoisotopic (exact) mass is 342 g/mol. The number of ether oxygens (including phenoxy) is 2. The number of hydrogen-bond acceptors (Lipinski definition) is 5. The minimum atomic E-state index is -3.19. The van der Waals surface area contributed by atoms with Crippen LogP contribution in [0.2, 0.25) is 0 Å². The number of nitrogens with zero attached hydrogens (tertiary/aromatic N) is 2. The van der Waals surface area contributed by atoms with E-state index in [1.54, 1.807) is 30.0 Å². The molecule has 7 nitrogen and oxygen atoms in total. The molecule has 1 saturated heterocycles. The molecule has 1 aromatic rings. The maximum atomic E-state index is 12.2. The van der Waals surface area contributed by atoms with Crippen LogP contribution in [-0.4, -0.2) is 69.2 Å². The molecule has 8 heteroatoms. The van der Waals surface area contributed by atoms with E-state index in [4.69, 9.17) is 9.47 Å². The van der Waals surface area contributed by atoms with Gasteiger partial charge in [0.25, 0.3) is 5.91 Å². The van der Waals surface area contributed by atoms with Gasteiger partial charge in [-0.05, 0) is 19.1 Å². The van der Waals surface area contributed by atoms with Gasteiger partial charge in [0.2, 0.25) is 10.0 Å². The highest BCUT2D eigenvalue weighted by Gasteiger charge is 2.27. The Bertz CT molecular complexity index is 639. The van der Waals surface area contributed by atoms with Crippen molar-refractivity contribution in [3.63, 3.8) is 0 Å². The summed E-state index contributed by atoms with van der Waals surface area (Å²) in [5.74, 6) is 0.997. The first kappa shape index (κ1) is 17.6. The summed E-state index contributed by atoms with van der Waals surface area (Å²) in [6.45, 7) is 2.95. The van der Waals surface area contributed by atoms with Gasteiger partial charge in [-0.1, -0.05) is 12.1 Å². The van der Waals surface area contributed by atoms with Gasteiger partial charge in [0.15, 0.2) is 18.1 Å². The molecule has 0 atom stereocenters. The zero-order valence-electron chi connectivity index (χ0n) is 13.4. The van der Waals surface area contributed by atoms with Crippen molar-refractivity contribution in [3.05, 3.63) is 24.3 Å². The molecular weight excluding hydrogens is 320 g/mol. The Morgan fingerprint density at radius 1 is 1.13 bits per heavy atom. The van der Waals surface area contributed by atoms with E-state index in [0.717, 1.165) is 0 Å². The topological polar surface area (TPSA) is 76.2 Å². The fraction of sp³-hybridized carbons (Fsp3) is 0.533. The summed E-state index contributed by atoms with van der Waals surface area (Å²) in [5, 5.41) is 0. The molecule has 0 N–H and O–H groups in total. The van der Waals surface area contributed by atoms with Gasteiger partial charge in [0.1, 0.15) is 0 Å². The largest absolute Gasteiger partial charge is 0.493 e. The van der Waals surface area contributed by atoms with E-state index in [1.165, 1.54) is 11.4 Å². The maximum absolute atomic E-state index is 12.2. The molecule has 0 radical (unpaired) electrons. The van der Waals surface area contributed by atoms with Crippen molar-refractivity contribution in [2.75, 3.05) is 45.6 Å². The molecule has 0 saturated carbocycles. The van der Waals surface area contributed by atoms with Gasteiger partial charge < -0.3 is 14.4 Å². The minimum absolute atomic E-state index is 0.0812. The summed E-state index contributed by atoms with van der Waals surface area (Å²) < 4.78 is 35.7. The number of sulfonamides is 1. The zero-order chi connectivity index (χ0) is 16.9. The number of piperazine rings is 1. The van der Waals surface area contributed by atoms with Gasteiger partial charge in [-0.3, -0.25) is 4.79 Å². The lowest BCUT2D eigenvalue weighted by Gasteiger charge is -2.33. The molecule has 0 aromatic heterocycles. The van der Waals surface area contributed by atoms with E-state index in [2.05, 4.69) is 0 Å². The normalized spacial score (nSPS) is 16.2. The van der Waals surface area contributed by atoms with Crippen molar-refractivity contribution >= 4 is 15.9 Å². The number of amides is 1. The van der Waals surface area contributed by atoms with Crippen LogP contribution >= 0.6 is 0 Å². The quantitative estimate of drug-likeness (QED) is 0.755. The maximum Gasteiger partial charge on any atom is 0.260 e. The van der Waals surface area contributed by atoms with Gasteiger partial charge in [-0.2, -0.15) is 4.31 Å². The number of hydrogen-bond donors (Lipinski definition) is 0. The summed E-state index contributed by atoms with van der Waals surface area (Å²) in [7, 11) is -1.65. The van der Waals surface area contributed by atoms with E-state index in [-0.39, 0.29) is 18.3 Å². The Hall–Kier alpha value is -1.80. The van der Waals surface area contributed by atoms with Crippen molar-refractivity contribution in [3.8, 4) is 11.5 Å². The second kappa shape index (κ2) is 7.65. The lowest BCUT2D eigenvalue weighted by molar-refractivity contribution is -0.134. The van der Waals surface area contributed by atoms with Crippen molar-refractivity contribution in [1.82, 2.24) is 9.21 Å². The van der Waals surface area contributed by atoms with Gasteiger partial charge in [0, 0.05) is 26.2 Å². The Morgan fingerprint density at radius 3 is 2.30 bits per heavy atom. The number of carbonyl (C=O) groups is 1. The van der Waals surface area contributed by atoms with E-state index < -0.39 is 10.0 Å². The number of carbonyl (C=O) groups excluding carboxylic acids is 1. The lowest BCUT2D eigenvalue weighted by Crippen LogP contribution is -2.51. The number of methoxy groups -OCH3 is 1. The highest BCUT2D eigenvalue weighted by Crippen LogP contribution is 2.25. The summed E-state index contributed by atoms with van der Waals surface area (Å²) in [6, 6.07) is 7.11. The first-order valence-corrected chi connectivity index (χ1v) is 9.10. The Morgan fingerprint density at radius 2 is 1.74 bits per heavy atom. The van der Waals surface area contributed by atoms with Crippen LogP contribution in [0.1, 0.15) is 6.92 Å². The molecule has 23 heavy (non-hydrogen) atoms. The van der Waals surface area contributed by atoms with Crippen LogP contribution in [0, 0.1) is 0 Å². The first-order valence-electron chi connectivity index (χ1n) is 7.49. The van der Waals surface area contributed by atoms with E-state index in [0.29, 0.717) is 37.7 Å². The summed E-state index contributed by atoms with van der Waals surface area (Å²) in [5.41, 5.74) is 0. The number of benzene rings is 1. The molecule has 1 amide bonds. The molecule has 0 aliphatic carbocycles. The Kier molecular flexibility index (Phi) is 5.84. The molecule has 1 aromatic carbocycles. The van der Waals surface area contributed by atoms with E-state index in [1.807, 2.05) is 6.07 Å². The van der Waals surface area contributed by atoms with Crippen LogP contribution in [0.25, 0.3) is 0 Å². The third kappa shape index (κ3) is 4.35. The predicted molar refractivity (Wildman–Crippen MR) is 86.1 cm³/mol. The van der Waals surface area contributed by atoms with Crippen LogP contribution in [0.3, 0.4) is 0 Å².